The van der Waals surface area contributed by atoms with E-state index >= 15 is 0 Å². The van der Waals surface area contributed by atoms with Crippen molar-refractivity contribution in [3.8, 4) is 0 Å². The van der Waals surface area contributed by atoms with Crippen LogP contribution in [-0.2, 0) is 4.79 Å². The normalized spacial score (nSPS) is 27.5. The van der Waals surface area contributed by atoms with E-state index in [1.807, 2.05) is 10.7 Å². The fourth-order valence-electron chi connectivity index (χ4n) is 3.40. The van der Waals surface area contributed by atoms with Crippen LogP contribution in [0.1, 0.15) is 45.1 Å². The minimum atomic E-state index is 0.0691. The van der Waals surface area contributed by atoms with Gasteiger partial charge >= 0.3 is 0 Å². The van der Waals surface area contributed by atoms with Crippen LogP contribution >= 0.6 is 0 Å². The van der Waals surface area contributed by atoms with Gasteiger partial charge in [0.05, 0.1) is 12.2 Å². The molecule has 0 aliphatic heterocycles. The van der Waals surface area contributed by atoms with Gasteiger partial charge in [-0.1, -0.05) is 6.42 Å². The van der Waals surface area contributed by atoms with E-state index in [1.165, 1.54) is 12.8 Å². The molecule has 5 nitrogen and oxygen atoms in total. The molecule has 0 radical (unpaired) electrons. The number of amides is 1. The third kappa shape index (κ3) is 2.59. The van der Waals surface area contributed by atoms with Crippen LogP contribution in [-0.4, -0.2) is 22.2 Å². The number of aromatic nitrogens is 2. The number of carbonyl (C=O) groups excluding carboxylic acids is 1. The van der Waals surface area contributed by atoms with Gasteiger partial charge in [0.1, 0.15) is 5.82 Å². The highest BCUT2D eigenvalue weighted by atomic mass is 16.2. The van der Waals surface area contributed by atoms with E-state index in [9.17, 15) is 4.79 Å². The maximum Gasteiger partial charge on any atom is 0.228 e. The monoisotopic (exact) mass is 276 g/mol. The van der Waals surface area contributed by atoms with Gasteiger partial charge in [-0.25, -0.2) is 4.68 Å². The molecular weight excluding hydrogens is 252 g/mol. The number of anilines is 1. The lowest BCUT2D eigenvalue weighted by Gasteiger charge is -2.19. The van der Waals surface area contributed by atoms with Crippen molar-refractivity contribution in [1.82, 2.24) is 9.78 Å². The Kier molecular flexibility index (Phi) is 3.78. The molecule has 1 unspecified atom stereocenters. The highest BCUT2D eigenvalue weighted by Gasteiger charge is 2.34. The molecule has 3 atom stereocenters. The fraction of sp³-hybridized carbons (Fsp3) is 0.733. The SMILES string of the molecule is CC(C1CC1)n1nccc1NC(=O)[C@@H]1CCC[C@@H]1CN. The van der Waals surface area contributed by atoms with Crippen LogP contribution in [0.5, 0.6) is 0 Å². The van der Waals surface area contributed by atoms with E-state index in [0.29, 0.717) is 24.4 Å². The number of rotatable bonds is 5. The molecule has 1 aromatic rings. The summed E-state index contributed by atoms with van der Waals surface area (Å²) < 4.78 is 1.96. The van der Waals surface area contributed by atoms with Crippen LogP contribution < -0.4 is 11.1 Å². The Hall–Kier alpha value is -1.36. The van der Waals surface area contributed by atoms with E-state index in [-0.39, 0.29) is 11.8 Å². The number of nitrogens with zero attached hydrogens (tertiary/aromatic N) is 2. The molecule has 0 saturated heterocycles. The number of hydrogen-bond acceptors (Lipinski definition) is 3. The molecule has 3 N–H and O–H groups in total. The predicted octanol–water partition coefficient (Wildman–Crippen LogP) is 2.17. The summed E-state index contributed by atoms with van der Waals surface area (Å²) in [6.45, 7) is 2.79. The summed E-state index contributed by atoms with van der Waals surface area (Å²) in [5.74, 6) is 2.07. The minimum absolute atomic E-state index is 0.0691. The molecule has 20 heavy (non-hydrogen) atoms. The zero-order valence-corrected chi connectivity index (χ0v) is 12.1. The van der Waals surface area contributed by atoms with Crippen molar-refractivity contribution in [3.63, 3.8) is 0 Å². The molecule has 2 aliphatic rings. The molecule has 1 heterocycles. The first-order valence-corrected chi connectivity index (χ1v) is 7.75. The molecule has 1 amide bonds. The molecular formula is C15H24N4O. The summed E-state index contributed by atoms with van der Waals surface area (Å²) in [6.07, 6.45) is 7.45. The number of nitrogens with two attached hydrogens (primary N) is 1. The summed E-state index contributed by atoms with van der Waals surface area (Å²) in [5.41, 5.74) is 5.76. The lowest BCUT2D eigenvalue weighted by atomic mass is 9.95. The topological polar surface area (TPSA) is 72.9 Å². The van der Waals surface area contributed by atoms with Crippen molar-refractivity contribution >= 4 is 11.7 Å². The van der Waals surface area contributed by atoms with Gasteiger partial charge in [-0.3, -0.25) is 4.79 Å². The fourth-order valence-corrected chi connectivity index (χ4v) is 3.40. The van der Waals surface area contributed by atoms with Crippen LogP contribution in [0.4, 0.5) is 5.82 Å². The van der Waals surface area contributed by atoms with Crippen molar-refractivity contribution in [2.24, 2.45) is 23.5 Å². The van der Waals surface area contributed by atoms with Crippen molar-refractivity contribution in [2.75, 3.05) is 11.9 Å². The van der Waals surface area contributed by atoms with Gasteiger partial charge in [0.2, 0.25) is 5.91 Å². The largest absolute Gasteiger partial charge is 0.330 e. The summed E-state index contributed by atoms with van der Waals surface area (Å²) >= 11 is 0. The molecule has 0 bridgehead atoms. The summed E-state index contributed by atoms with van der Waals surface area (Å²) in [7, 11) is 0. The Morgan fingerprint density at radius 1 is 1.50 bits per heavy atom. The number of hydrogen-bond donors (Lipinski definition) is 2. The zero-order chi connectivity index (χ0) is 14.1. The molecule has 0 spiro atoms. The zero-order valence-electron chi connectivity index (χ0n) is 12.1. The van der Waals surface area contributed by atoms with E-state index in [4.69, 9.17) is 5.73 Å². The third-order valence-corrected chi connectivity index (χ3v) is 4.91. The van der Waals surface area contributed by atoms with Gasteiger partial charge in [0, 0.05) is 12.0 Å². The predicted molar refractivity (Wildman–Crippen MR) is 78.2 cm³/mol. The van der Waals surface area contributed by atoms with Crippen LogP contribution in [0, 0.1) is 17.8 Å². The highest BCUT2D eigenvalue weighted by molar-refractivity contribution is 5.92. The highest BCUT2D eigenvalue weighted by Crippen LogP contribution is 2.40. The lowest BCUT2D eigenvalue weighted by molar-refractivity contribution is -0.120. The Morgan fingerprint density at radius 3 is 3.00 bits per heavy atom. The first-order chi connectivity index (χ1) is 9.70. The second-order valence-corrected chi connectivity index (χ2v) is 6.26. The van der Waals surface area contributed by atoms with Gasteiger partial charge in [-0.05, 0) is 51.0 Å². The molecule has 0 aromatic carbocycles. The standard InChI is InChI=1S/C15H24N4O/c1-10(11-5-6-11)19-14(7-8-17-19)18-15(20)13-4-2-3-12(13)9-16/h7-8,10-13H,2-6,9,16H2,1H3,(H,18,20)/t10?,12-,13-/m1/s1. The first-order valence-electron chi connectivity index (χ1n) is 7.75. The maximum atomic E-state index is 12.4. The van der Waals surface area contributed by atoms with Gasteiger partial charge < -0.3 is 11.1 Å². The van der Waals surface area contributed by atoms with Crippen LogP contribution in [0.2, 0.25) is 0 Å². The molecule has 2 fully saturated rings. The van der Waals surface area contributed by atoms with Crippen LogP contribution in [0.3, 0.4) is 0 Å². The smallest absolute Gasteiger partial charge is 0.228 e. The molecule has 5 heteroatoms. The minimum Gasteiger partial charge on any atom is -0.330 e. The van der Waals surface area contributed by atoms with Crippen molar-refractivity contribution in [1.29, 1.82) is 0 Å². The van der Waals surface area contributed by atoms with Gasteiger partial charge in [0.25, 0.3) is 0 Å². The Morgan fingerprint density at radius 2 is 2.30 bits per heavy atom. The van der Waals surface area contributed by atoms with Crippen LogP contribution in [0.25, 0.3) is 0 Å². The first kappa shape index (κ1) is 13.6. The quantitative estimate of drug-likeness (QED) is 0.865. The summed E-state index contributed by atoms with van der Waals surface area (Å²) in [4.78, 5) is 12.4. The van der Waals surface area contributed by atoms with E-state index in [0.717, 1.165) is 25.1 Å². The second kappa shape index (κ2) is 5.56. The Labute approximate surface area is 119 Å². The number of carbonyl (C=O) groups is 1. The van der Waals surface area contributed by atoms with E-state index in [2.05, 4.69) is 17.3 Å². The van der Waals surface area contributed by atoms with E-state index < -0.39 is 0 Å². The van der Waals surface area contributed by atoms with Crippen molar-refractivity contribution in [2.45, 2.75) is 45.1 Å². The Balaban J connectivity index is 1.68. The van der Waals surface area contributed by atoms with Crippen LogP contribution in [0.15, 0.2) is 12.3 Å². The van der Waals surface area contributed by atoms with Crippen molar-refractivity contribution in [3.05, 3.63) is 12.3 Å². The van der Waals surface area contributed by atoms with Gasteiger partial charge in [0.15, 0.2) is 0 Å². The van der Waals surface area contributed by atoms with E-state index in [1.54, 1.807) is 6.20 Å². The molecule has 3 rings (SSSR count). The van der Waals surface area contributed by atoms with Crippen molar-refractivity contribution < 1.29 is 4.79 Å². The Bertz CT molecular complexity index is 480. The third-order valence-electron chi connectivity index (χ3n) is 4.91. The summed E-state index contributed by atoms with van der Waals surface area (Å²) in [5, 5.41) is 7.44. The average molecular weight is 276 g/mol. The lowest BCUT2D eigenvalue weighted by Crippen LogP contribution is -2.30. The molecule has 1 aromatic heterocycles. The van der Waals surface area contributed by atoms with Gasteiger partial charge in [-0.15, -0.1) is 0 Å². The molecule has 2 aliphatic carbocycles. The second-order valence-electron chi connectivity index (χ2n) is 6.26. The van der Waals surface area contributed by atoms with Gasteiger partial charge in [-0.2, -0.15) is 5.10 Å². The number of nitrogens with one attached hydrogen (secondary N) is 1. The summed E-state index contributed by atoms with van der Waals surface area (Å²) in [6, 6.07) is 2.26. The maximum absolute atomic E-state index is 12.4. The molecule has 110 valence electrons. The molecule has 2 saturated carbocycles. The average Bonchev–Trinajstić information content (AvgIpc) is 3.01.